The maximum absolute atomic E-state index is 13.9. The fraction of sp³-hybridized carbons (Fsp3) is 0.267. The first-order valence-electron chi connectivity index (χ1n) is 12.4. The van der Waals surface area contributed by atoms with E-state index in [1.54, 1.807) is 31.2 Å². The van der Waals surface area contributed by atoms with Crippen molar-refractivity contribution in [1.82, 2.24) is 0 Å². The minimum atomic E-state index is -0.690. The predicted molar refractivity (Wildman–Crippen MR) is 143 cm³/mol. The van der Waals surface area contributed by atoms with Gasteiger partial charge in [-0.2, -0.15) is 0 Å². The summed E-state index contributed by atoms with van der Waals surface area (Å²) in [6.07, 6.45) is 3.78. The molecule has 1 aliphatic heterocycles. The average molecular weight is 548 g/mol. The van der Waals surface area contributed by atoms with E-state index in [0.29, 0.717) is 39.4 Å². The molecule has 2 amide bonds. The molecule has 0 bridgehead atoms. The minimum Gasteiger partial charge on any atom is -0.508 e. The summed E-state index contributed by atoms with van der Waals surface area (Å²) >= 11 is 12.9. The van der Waals surface area contributed by atoms with Crippen LogP contribution in [-0.4, -0.2) is 28.5 Å². The summed E-state index contributed by atoms with van der Waals surface area (Å²) in [5.74, 6) is -3.56. The molecule has 1 N–H and O–H groups in total. The second kappa shape index (κ2) is 8.79. The molecule has 0 spiro atoms. The molecule has 8 heteroatoms. The number of imide groups is 1. The fourth-order valence-corrected chi connectivity index (χ4v) is 6.90. The number of nitrogens with zero attached hydrogens (tertiary/aromatic N) is 1. The molecule has 1 heterocycles. The van der Waals surface area contributed by atoms with Gasteiger partial charge in [-0.1, -0.05) is 47.0 Å². The molecule has 2 aromatic carbocycles. The molecule has 38 heavy (non-hydrogen) atoms. The highest BCUT2D eigenvalue weighted by Crippen LogP contribution is 2.56. The van der Waals surface area contributed by atoms with Crippen LogP contribution in [0, 0.1) is 24.7 Å². The SMILES string of the molecule is CC1=CC(=O)C2=C(C1=O)C(c1ccc(O)cc1Cl)C1=CCC3C(=O)N(c4ccc(C)c(Cl)c4)C(=O)C3C1C2. The highest BCUT2D eigenvalue weighted by Gasteiger charge is 2.56. The van der Waals surface area contributed by atoms with E-state index in [1.165, 1.54) is 23.1 Å². The molecule has 192 valence electrons. The van der Waals surface area contributed by atoms with Gasteiger partial charge >= 0.3 is 0 Å². The Kier molecular flexibility index (Phi) is 5.74. The summed E-state index contributed by atoms with van der Waals surface area (Å²) in [7, 11) is 0. The summed E-state index contributed by atoms with van der Waals surface area (Å²) in [6, 6.07) is 9.64. The third-order valence-corrected chi connectivity index (χ3v) is 9.01. The van der Waals surface area contributed by atoms with Gasteiger partial charge in [-0.05, 0) is 74.1 Å². The Morgan fingerprint density at radius 1 is 0.921 bits per heavy atom. The molecule has 4 atom stereocenters. The van der Waals surface area contributed by atoms with Gasteiger partial charge < -0.3 is 5.11 Å². The fourth-order valence-electron chi connectivity index (χ4n) is 6.44. The first kappa shape index (κ1) is 24.8. The number of aryl methyl sites for hydroxylation is 1. The Hall–Kier alpha value is -3.48. The van der Waals surface area contributed by atoms with Crippen LogP contribution in [0.5, 0.6) is 5.75 Å². The Morgan fingerprint density at radius 2 is 1.68 bits per heavy atom. The van der Waals surface area contributed by atoms with Gasteiger partial charge in [0.1, 0.15) is 5.75 Å². The maximum Gasteiger partial charge on any atom is 0.238 e. The third kappa shape index (κ3) is 3.54. The van der Waals surface area contributed by atoms with Crippen LogP contribution in [0.25, 0.3) is 0 Å². The van der Waals surface area contributed by atoms with Crippen molar-refractivity contribution < 1.29 is 24.3 Å². The quantitative estimate of drug-likeness (QED) is 0.298. The van der Waals surface area contributed by atoms with Crippen LogP contribution in [-0.2, 0) is 19.2 Å². The largest absolute Gasteiger partial charge is 0.508 e. The van der Waals surface area contributed by atoms with Crippen LogP contribution in [0.2, 0.25) is 10.0 Å². The number of carbonyl (C=O) groups excluding carboxylic acids is 4. The number of phenols is 1. The number of amides is 2. The molecule has 1 saturated heterocycles. The lowest BCUT2D eigenvalue weighted by Gasteiger charge is -2.42. The summed E-state index contributed by atoms with van der Waals surface area (Å²) in [5.41, 5.74) is 3.69. The first-order valence-corrected chi connectivity index (χ1v) is 13.2. The van der Waals surface area contributed by atoms with Crippen molar-refractivity contribution in [1.29, 1.82) is 0 Å². The molecule has 3 aliphatic carbocycles. The third-order valence-electron chi connectivity index (χ3n) is 8.27. The number of hydrogen-bond donors (Lipinski definition) is 1. The van der Waals surface area contributed by atoms with E-state index in [9.17, 15) is 24.3 Å². The summed E-state index contributed by atoms with van der Waals surface area (Å²) in [5, 5.41) is 10.7. The molecular formula is C30H23Cl2NO5. The van der Waals surface area contributed by atoms with Crippen molar-refractivity contribution in [2.75, 3.05) is 4.90 Å². The Balaban J connectivity index is 1.49. The number of fused-ring (bicyclic) bond motifs is 3. The number of phenolic OH excluding ortho intramolecular Hbond substituents is 1. The van der Waals surface area contributed by atoms with E-state index in [2.05, 4.69) is 0 Å². The summed E-state index contributed by atoms with van der Waals surface area (Å²) in [4.78, 5) is 55.3. The van der Waals surface area contributed by atoms with Crippen molar-refractivity contribution in [3.63, 3.8) is 0 Å². The van der Waals surface area contributed by atoms with Crippen LogP contribution in [0.15, 0.2) is 70.8 Å². The van der Waals surface area contributed by atoms with E-state index >= 15 is 0 Å². The van der Waals surface area contributed by atoms with Crippen LogP contribution in [0.1, 0.15) is 36.8 Å². The molecular weight excluding hydrogens is 525 g/mol. The second-order valence-electron chi connectivity index (χ2n) is 10.4. The highest BCUT2D eigenvalue weighted by atomic mass is 35.5. The molecule has 0 saturated carbocycles. The lowest BCUT2D eigenvalue weighted by Crippen LogP contribution is -2.39. The topological polar surface area (TPSA) is 91.8 Å². The van der Waals surface area contributed by atoms with E-state index in [4.69, 9.17) is 23.2 Å². The van der Waals surface area contributed by atoms with Gasteiger partial charge in [-0.3, -0.25) is 19.2 Å². The average Bonchev–Trinajstić information content (AvgIpc) is 3.13. The van der Waals surface area contributed by atoms with Gasteiger partial charge in [-0.15, -0.1) is 0 Å². The number of benzene rings is 2. The molecule has 2 aromatic rings. The van der Waals surface area contributed by atoms with Crippen LogP contribution >= 0.6 is 23.2 Å². The smallest absolute Gasteiger partial charge is 0.238 e. The van der Waals surface area contributed by atoms with Gasteiger partial charge in [0, 0.05) is 32.7 Å². The Morgan fingerprint density at radius 3 is 2.39 bits per heavy atom. The summed E-state index contributed by atoms with van der Waals surface area (Å²) in [6.45, 7) is 3.46. The lowest BCUT2D eigenvalue weighted by atomic mass is 9.59. The zero-order chi connectivity index (χ0) is 27.0. The number of anilines is 1. The maximum atomic E-state index is 13.9. The number of halogens is 2. The van der Waals surface area contributed by atoms with Gasteiger partial charge in [0.05, 0.1) is 17.5 Å². The highest BCUT2D eigenvalue weighted by molar-refractivity contribution is 6.33. The molecule has 6 nitrogen and oxygen atoms in total. The standard InChI is InChI=1S/C30H23Cl2NO5/c1-13-3-4-15(10-22(13)31)33-29(37)19-8-7-17-20(26(19)30(33)38)12-21-24(35)9-14(2)28(36)27(21)25(17)18-6-5-16(34)11-23(18)32/h3-7,9-11,19-20,25-26,34H,8,12H2,1-2H3. The van der Waals surface area contributed by atoms with Gasteiger partial charge in [0.25, 0.3) is 0 Å². The van der Waals surface area contributed by atoms with Crippen molar-refractivity contribution in [2.24, 2.45) is 17.8 Å². The number of ketones is 2. The molecule has 1 fully saturated rings. The molecule has 4 aliphatic rings. The number of rotatable bonds is 2. The number of Topliss-reactive ketones (excluding diaryl/α,β-unsaturated/α-hetero) is 1. The Bertz CT molecular complexity index is 1580. The van der Waals surface area contributed by atoms with Gasteiger partial charge in [0.15, 0.2) is 11.6 Å². The van der Waals surface area contributed by atoms with Crippen LogP contribution < -0.4 is 4.90 Å². The normalized spacial score (nSPS) is 26.7. The van der Waals surface area contributed by atoms with E-state index < -0.39 is 23.7 Å². The van der Waals surface area contributed by atoms with Crippen molar-refractivity contribution in [3.8, 4) is 5.75 Å². The zero-order valence-electron chi connectivity index (χ0n) is 20.6. The molecule has 4 unspecified atom stereocenters. The number of carbonyl (C=O) groups is 4. The molecule has 0 radical (unpaired) electrons. The lowest BCUT2D eigenvalue weighted by molar-refractivity contribution is -0.123. The van der Waals surface area contributed by atoms with Gasteiger partial charge in [0.2, 0.25) is 11.8 Å². The molecule has 6 rings (SSSR count). The Labute approximate surface area is 229 Å². The number of allylic oxidation sites excluding steroid dienone is 6. The molecule has 0 aromatic heterocycles. The van der Waals surface area contributed by atoms with Gasteiger partial charge in [-0.25, -0.2) is 4.90 Å². The van der Waals surface area contributed by atoms with E-state index in [0.717, 1.165) is 11.1 Å². The van der Waals surface area contributed by atoms with E-state index in [1.807, 2.05) is 13.0 Å². The predicted octanol–water partition coefficient (Wildman–Crippen LogP) is 5.64. The van der Waals surface area contributed by atoms with Crippen LogP contribution in [0.3, 0.4) is 0 Å². The number of aromatic hydroxyl groups is 1. The van der Waals surface area contributed by atoms with E-state index in [-0.39, 0.29) is 40.6 Å². The van der Waals surface area contributed by atoms with Crippen molar-refractivity contribution in [2.45, 2.75) is 32.6 Å². The monoisotopic (exact) mass is 547 g/mol. The zero-order valence-corrected chi connectivity index (χ0v) is 22.1. The second-order valence-corrected chi connectivity index (χ2v) is 11.2. The van der Waals surface area contributed by atoms with Crippen molar-refractivity contribution >= 4 is 52.3 Å². The van der Waals surface area contributed by atoms with Crippen LogP contribution in [0.4, 0.5) is 5.69 Å². The van der Waals surface area contributed by atoms with Crippen molar-refractivity contribution in [3.05, 3.63) is 92.0 Å². The minimum absolute atomic E-state index is 0.0240. The number of hydrogen-bond acceptors (Lipinski definition) is 5. The summed E-state index contributed by atoms with van der Waals surface area (Å²) < 4.78 is 0. The first-order chi connectivity index (χ1) is 18.1.